The molecule has 0 radical (unpaired) electrons. The van der Waals surface area contributed by atoms with Gasteiger partial charge in [0.05, 0.1) is 11.1 Å². The number of carbonyl (C=O) groups excluding carboxylic acids is 1. The highest BCUT2D eigenvalue weighted by atomic mass is 16.5. The Morgan fingerprint density at radius 3 is 2.11 bits per heavy atom. The minimum atomic E-state index is -0.745. The average Bonchev–Trinajstić information content (AvgIpc) is 3.62. The van der Waals surface area contributed by atoms with Gasteiger partial charge in [-0.2, -0.15) is 0 Å². The number of nitrogens with one attached hydrogen (secondary N) is 1. The van der Waals surface area contributed by atoms with Crippen LogP contribution < -0.4 is 5.32 Å². The molecule has 0 bridgehead atoms. The smallest absolute Gasteiger partial charge is 0.314 e. The SMILES string of the molecule is Cc1noc(-c2ccc(-c3ccc(C4(C(=O)O)CC4)cc3)cc2)c1CCC(=O)Nc1ccccc1. The molecule has 1 saturated carbocycles. The molecule has 0 unspecified atom stereocenters. The van der Waals surface area contributed by atoms with Crippen molar-refractivity contribution >= 4 is 17.6 Å². The van der Waals surface area contributed by atoms with Gasteiger partial charge in [-0.3, -0.25) is 9.59 Å². The van der Waals surface area contributed by atoms with Gasteiger partial charge in [0, 0.05) is 23.2 Å². The molecular weight excluding hydrogens is 440 g/mol. The molecule has 176 valence electrons. The molecule has 0 aliphatic heterocycles. The summed E-state index contributed by atoms with van der Waals surface area (Å²) in [4.78, 5) is 24.0. The van der Waals surface area contributed by atoms with Crippen LogP contribution in [0, 0.1) is 6.92 Å². The topological polar surface area (TPSA) is 92.4 Å². The van der Waals surface area contributed by atoms with Crippen LogP contribution in [-0.4, -0.2) is 22.1 Å². The molecule has 0 spiro atoms. The lowest BCUT2D eigenvalue weighted by Gasteiger charge is -2.11. The lowest BCUT2D eigenvalue weighted by atomic mass is 9.93. The van der Waals surface area contributed by atoms with Crippen molar-refractivity contribution in [2.75, 3.05) is 5.32 Å². The Kier molecular flexibility index (Phi) is 5.95. The molecule has 35 heavy (non-hydrogen) atoms. The lowest BCUT2D eigenvalue weighted by Crippen LogP contribution is -2.19. The van der Waals surface area contributed by atoms with Gasteiger partial charge in [-0.1, -0.05) is 71.9 Å². The first kappa shape index (κ1) is 22.6. The van der Waals surface area contributed by atoms with Gasteiger partial charge in [-0.15, -0.1) is 0 Å². The molecule has 4 aromatic rings. The standard InChI is InChI=1S/C29H26N2O4/c1-19-25(15-16-26(32)30-24-5-3-2-4-6-24)27(35-31-19)22-9-7-20(8-10-22)21-11-13-23(14-12-21)29(17-18-29)28(33)34/h2-14H,15-18H2,1H3,(H,30,32)(H,33,34). The van der Waals surface area contributed by atoms with Crippen molar-refractivity contribution in [2.45, 2.75) is 38.0 Å². The fourth-order valence-corrected chi connectivity index (χ4v) is 4.44. The number of anilines is 1. The Morgan fingerprint density at radius 2 is 1.51 bits per heavy atom. The van der Waals surface area contributed by atoms with Gasteiger partial charge in [0.2, 0.25) is 5.91 Å². The Hall–Kier alpha value is -4.19. The fraction of sp³-hybridized carbons (Fsp3) is 0.207. The number of amides is 1. The van der Waals surface area contributed by atoms with Crippen molar-refractivity contribution < 1.29 is 19.2 Å². The summed E-state index contributed by atoms with van der Waals surface area (Å²) in [6.45, 7) is 1.89. The molecule has 0 saturated heterocycles. The van der Waals surface area contributed by atoms with Gasteiger partial charge in [0.1, 0.15) is 0 Å². The van der Waals surface area contributed by atoms with Gasteiger partial charge in [0.25, 0.3) is 0 Å². The zero-order valence-corrected chi connectivity index (χ0v) is 19.5. The van der Waals surface area contributed by atoms with Crippen LogP contribution in [0.5, 0.6) is 0 Å². The number of nitrogens with zero attached hydrogens (tertiary/aromatic N) is 1. The first-order valence-corrected chi connectivity index (χ1v) is 11.7. The van der Waals surface area contributed by atoms with Gasteiger partial charge >= 0.3 is 5.97 Å². The number of aryl methyl sites for hydroxylation is 1. The third-order valence-electron chi connectivity index (χ3n) is 6.72. The number of aromatic nitrogens is 1. The number of hydrogen-bond acceptors (Lipinski definition) is 4. The van der Waals surface area contributed by atoms with E-state index in [9.17, 15) is 14.7 Å². The number of carboxylic acid groups (broad SMARTS) is 1. The second-order valence-corrected chi connectivity index (χ2v) is 9.03. The van der Waals surface area contributed by atoms with Gasteiger partial charge in [-0.05, 0) is 55.0 Å². The zero-order chi connectivity index (χ0) is 24.4. The fourth-order valence-electron chi connectivity index (χ4n) is 4.44. The van der Waals surface area contributed by atoms with Crippen LogP contribution in [-0.2, 0) is 21.4 Å². The van der Waals surface area contributed by atoms with E-state index in [4.69, 9.17) is 4.52 Å². The van der Waals surface area contributed by atoms with Crippen molar-refractivity contribution in [3.05, 3.63) is 95.7 Å². The van der Waals surface area contributed by atoms with E-state index in [1.807, 2.05) is 85.8 Å². The van der Waals surface area contributed by atoms with Crippen molar-refractivity contribution in [3.63, 3.8) is 0 Å². The number of aliphatic carboxylic acids is 1. The second kappa shape index (κ2) is 9.22. The van der Waals surface area contributed by atoms with Crippen LogP contribution in [0.4, 0.5) is 5.69 Å². The first-order valence-electron chi connectivity index (χ1n) is 11.7. The van der Waals surface area contributed by atoms with E-state index in [0.29, 0.717) is 31.4 Å². The molecule has 6 heteroatoms. The molecule has 1 aliphatic rings. The highest BCUT2D eigenvalue weighted by molar-refractivity contribution is 5.91. The third-order valence-corrected chi connectivity index (χ3v) is 6.72. The maximum atomic E-state index is 12.4. The summed E-state index contributed by atoms with van der Waals surface area (Å²) < 4.78 is 5.62. The molecule has 1 aromatic heterocycles. The van der Waals surface area contributed by atoms with E-state index in [1.165, 1.54) is 0 Å². The number of carboxylic acids is 1. The van der Waals surface area contributed by atoms with Crippen LogP contribution in [0.1, 0.15) is 36.1 Å². The summed E-state index contributed by atoms with van der Waals surface area (Å²) in [6.07, 6.45) is 2.25. The van der Waals surface area contributed by atoms with Crippen LogP contribution in [0.3, 0.4) is 0 Å². The predicted molar refractivity (Wildman–Crippen MR) is 134 cm³/mol. The van der Waals surface area contributed by atoms with E-state index in [0.717, 1.165) is 39.2 Å². The summed E-state index contributed by atoms with van der Waals surface area (Å²) in [5, 5.41) is 16.5. The lowest BCUT2D eigenvalue weighted by molar-refractivity contribution is -0.140. The predicted octanol–water partition coefficient (Wildman–Crippen LogP) is 6.00. The molecule has 1 fully saturated rings. The molecule has 1 amide bonds. The molecule has 5 rings (SSSR count). The summed E-state index contributed by atoms with van der Waals surface area (Å²) in [7, 11) is 0. The first-order chi connectivity index (χ1) is 17.0. The minimum Gasteiger partial charge on any atom is -0.481 e. The van der Waals surface area contributed by atoms with E-state index in [1.54, 1.807) is 0 Å². The maximum Gasteiger partial charge on any atom is 0.314 e. The van der Waals surface area contributed by atoms with Crippen molar-refractivity contribution in [1.82, 2.24) is 5.16 Å². The number of rotatable bonds is 8. The minimum absolute atomic E-state index is 0.0579. The molecular formula is C29H26N2O4. The van der Waals surface area contributed by atoms with E-state index in [-0.39, 0.29) is 5.91 Å². The Morgan fingerprint density at radius 1 is 0.914 bits per heavy atom. The van der Waals surface area contributed by atoms with Crippen LogP contribution in [0.2, 0.25) is 0 Å². The highest BCUT2D eigenvalue weighted by Gasteiger charge is 2.51. The van der Waals surface area contributed by atoms with Crippen LogP contribution in [0.25, 0.3) is 22.5 Å². The molecule has 0 atom stereocenters. The second-order valence-electron chi connectivity index (χ2n) is 9.03. The quantitative estimate of drug-likeness (QED) is 0.332. The monoisotopic (exact) mass is 466 g/mol. The van der Waals surface area contributed by atoms with Gasteiger partial charge in [-0.25, -0.2) is 0 Å². The summed E-state index contributed by atoms with van der Waals surface area (Å²) in [5.74, 6) is -0.128. The molecule has 6 nitrogen and oxygen atoms in total. The number of para-hydroxylation sites is 1. The van der Waals surface area contributed by atoms with Crippen LogP contribution >= 0.6 is 0 Å². The largest absolute Gasteiger partial charge is 0.481 e. The number of carbonyl (C=O) groups is 2. The van der Waals surface area contributed by atoms with Gasteiger partial charge in [0.15, 0.2) is 5.76 Å². The summed E-state index contributed by atoms with van der Waals surface area (Å²) >= 11 is 0. The average molecular weight is 467 g/mol. The third kappa shape index (κ3) is 4.60. The molecule has 1 aliphatic carbocycles. The normalized spacial score (nSPS) is 13.9. The molecule has 2 N–H and O–H groups in total. The molecule has 3 aromatic carbocycles. The summed E-state index contributed by atoms with van der Waals surface area (Å²) in [5.41, 5.74) is 5.59. The van der Waals surface area contributed by atoms with E-state index in [2.05, 4.69) is 10.5 Å². The Balaban J connectivity index is 1.28. The Labute approximate surface area is 203 Å². The maximum absolute atomic E-state index is 12.4. The van der Waals surface area contributed by atoms with Gasteiger partial charge < -0.3 is 14.9 Å². The Bertz CT molecular complexity index is 1350. The van der Waals surface area contributed by atoms with Crippen molar-refractivity contribution in [3.8, 4) is 22.5 Å². The van der Waals surface area contributed by atoms with E-state index >= 15 is 0 Å². The summed E-state index contributed by atoms with van der Waals surface area (Å²) in [6, 6.07) is 25.2. The van der Waals surface area contributed by atoms with Crippen LogP contribution in [0.15, 0.2) is 83.4 Å². The zero-order valence-electron chi connectivity index (χ0n) is 19.5. The van der Waals surface area contributed by atoms with Crippen molar-refractivity contribution in [2.24, 2.45) is 0 Å². The van der Waals surface area contributed by atoms with Crippen molar-refractivity contribution in [1.29, 1.82) is 0 Å². The highest BCUT2D eigenvalue weighted by Crippen LogP contribution is 2.48. The number of hydrogen-bond donors (Lipinski definition) is 2. The molecule has 1 heterocycles. The number of benzene rings is 3. The van der Waals surface area contributed by atoms with E-state index < -0.39 is 11.4 Å².